The third-order valence-corrected chi connectivity index (χ3v) is 3.53. The number of halogens is 4. The van der Waals surface area contributed by atoms with E-state index in [1.165, 1.54) is 6.07 Å². The van der Waals surface area contributed by atoms with E-state index in [9.17, 15) is 26.0 Å². The van der Waals surface area contributed by atoms with E-state index < -0.39 is 44.0 Å². The first-order valence-corrected chi connectivity index (χ1v) is 6.57. The lowest BCUT2D eigenvalue weighted by Crippen LogP contribution is -2.16. The molecule has 0 amide bonds. The van der Waals surface area contributed by atoms with Crippen molar-refractivity contribution in [3.63, 3.8) is 0 Å². The fourth-order valence-corrected chi connectivity index (χ4v) is 2.44. The van der Waals surface area contributed by atoms with Crippen molar-refractivity contribution in [3.8, 4) is 0 Å². The number of nitrogens with zero attached hydrogens (tertiary/aromatic N) is 1. The van der Waals surface area contributed by atoms with E-state index in [1.807, 2.05) is 0 Å². The highest BCUT2D eigenvalue weighted by atomic mass is 32.2. The van der Waals surface area contributed by atoms with Gasteiger partial charge in [0.2, 0.25) is 5.03 Å². The zero-order chi connectivity index (χ0) is 14.9. The minimum Gasteiger partial charge on any atom is -0.278 e. The van der Waals surface area contributed by atoms with Crippen molar-refractivity contribution in [2.24, 2.45) is 0 Å². The number of sulfonamides is 1. The summed E-state index contributed by atoms with van der Waals surface area (Å²) in [6.07, 6.45) is 1.03. The van der Waals surface area contributed by atoms with Crippen LogP contribution in [0.3, 0.4) is 0 Å². The molecule has 0 aliphatic carbocycles. The molecule has 1 aromatic heterocycles. The molecule has 0 fully saturated rings. The molecule has 0 aliphatic rings. The molecule has 1 heterocycles. The average molecular weight is 306 g/mol. The normalized spacial score (nSPS) is 11.4. The van der Waals surface area contributed by atoms with Crippen LogP contribution >= 0.6 is 0 Å². The summed E-state index contributed by atoms with van der Waals surface area (Å²) in [5, 5.41) is -0.940. The highest BCUT2D eigenvalue weighted by Gasteiger charge is 2.22. The number of rotatable bonds is 3. The minimum atomic E-state index is -4.48. The summed E-state index contributed by atoms with van der Waals surface area (Å²) in [7, 11) is -4.48. The van der Waals surface area contributed by atoms with Gasteiger partial charge < -0.3 is 0 Å². The highest BCUT2D eigenvalue weighted by molar-refractivity contribution is 7.92. The van der Waals surface area contributed by atoms with Gasteiger partial charge >= 0.3 is 0 Å². The number of hydrogen-bond donors (Lipinski definition) is 1. The number of benzene rings is 1. The van der Waals surface area contributed by atoms with Crippen LogP contribution in [0.15, 0.2) is 35.5 Å². The molecule has 20 heavy (non-hydrogen) atoms. The fraction of sp³-hybridized carbons (Fsp3) is 0. The third kappa shape index (κ3) is 2.72. The molecule has 0 bridgehead atoms. The van der Waals surface area contributed by atoms with Crippen LogP contribution in [0.1, 0.15) is 0 Å². The molecular formula is C11H6F4N2O2S. The Kier molecular flexibility index (Phi) is 3.62. The van der Waals surface area contributed by atoms with Gasteiger partial charge in [-0.25, -0.2) is 22.5 Å². The zero-order valence-electron chi connectivity index (χ0n) is 9.57. The third-order valence-electron chi connectivity index (χ3n) is 2.22. The first-order valence-electron chi connectivity index (χ1n) is 5.09. The molecule has 2 rings (SSSR count). The molecule has 1 aromatic carbocycles. The van der Waals surface area contributed by atoms with Gasteiger partial charge in [-0.05, 0) is 12.1 Å². The smallest absolute Gasteiger partial charge is 0.278 e. The lowest BCUT2D eigenvalue weighted by atomic mass is 10.3. The summed E-state index contributed by atoms with van der Waals surface area (Å²) in [5.74, 6) is -6.03. The van der Waals surface area contributed by atoms with Gasteiger partial charge in [0.1, 0.15) is 0 Å². The standard InChI is InChI=1S/C11H6F4N2O2S/c12-7-2-1-3-16-11(7)20(18,19)17-6-4-8(13)10(15)9(14)5-6/h1-5,17H. The van der Waals surface area contributed by atoms with Gasteiger partial charge in [0.25, 0.3) is 10.0 Å². The number of aromatic nitrogens is 1. The van der Waals surface area contributed by atoms with Crippen LogP contribution < -0.4 is 4.72 Å². The van der Waals surface area contributed by atoms with Gasteiger partial charge in [-0.3, -0.25) is 4.72 Å². The summed E-state index contributed by atoms with van der Waals surface area (Å²) in [4.78, 5) is 3.32. The number of hydrogen-bond acceptors (Lipinski definition) is 3. The van der Waals surface area contributed by atoms with Gasteiger partial charge in [0.05, 0.1) is 5.69 Å². The Bertz CT molecular complexity index is 742. The van der Waals surface area contributed by atoms with E-state index in [-0.39, 0.29) is 0 Å². The van der Waals surface area contributed by atoms with E-state index in [0.717, 1.165) is 12.3 Å². The summed E-state index contributed by atoms with van der Waals surface area (Å²) >= 11 is 0. The molecule has 0 spiro atoms. The van der Waals surface area contributed by atoms with Crippen LogP contribution in [0.25, 0.3) is 0 Å². The Hall–Kier alpha value is -2.16. The van der Waals surface area contributed by atoms with E-state index in [4.69, 9.17) is 0 Å². The fourth-order valence-electron chi connectivity index (χ4n) is 1.39. The van der Waals surface area contributed by atoms with Crippen LogP contribution in [0.2, 0.25) is 0 Å². The Morgan fingerprint density at radius 3 is 2.15 bits per heavy atom. The monoisotopic (exact) mass is 306 g/mol. The molecule has 0 atom stereocenters. The second-order valence-electron chi connectivity index (χ2n) is 3.65. The first-order chi connectivity index (χ1) is 9.31. The second kappa shape index (κ2) is 5.08. The molecule has 0 unspecified atom stereocenters. The van der Waals surface area contributed by atoms with Crippen LogP contribution in [0, 0.1) is 23.3 Å². The van der Waals surface area contributed by atoms with Crippen LogP contribution in [-0.4, -0.2) is 13.4 Å². The average Bonchev–Trinajstić information content (AvgIpc) is 2.35. The van der Waals surface area contributed by atoms with Gasteiger partial charge in [0.15, 0.2) is 23.3 Å². The quantitative estimate of drug-likeness (QED) is 0.700. The highest BCUT2D eigenvalue weighted by Crippen LogP contribution is 2.21. The molecule has 0 saturated carbocycles. The van der Waals surface area contributed by atoms with E-state index >= 15 is 0 Å². The predicted octanol–water partition coefficient (Wildman–Crippen LogP) is 2.44. The lowest BCUT2D eigenvalue weighted by molar-refractivity contribution is 0.448. The maximum Gasteiger partial charge on any atom is 0.282 e. The Morgan fingerprint density at radius 2 is 1.60 bits per heavy atom. The molecular weight excluding hydrogens is 300 g/mol. The molecule has 0 radical (unpaired) electrons. The summed E-state index contributed by atoms with van der Waals surface area (Å²) in [5.41, 5.74) is -0.591. The van der Waals surface area contributed by atoms with E-state index in [2.05, 4.69) is 4.98 Å². The zero-order valence-corrected chi connectivity index (χ0v) is 10.4. The van der Waals surface area contributed by atoms with Crippen LogP contribution in [-0.2, 0) is 10.0 Å². The van der Waals surface area contributed by atoms with Crippen molar-refractivity contribution >= 4 is 15.7 Å². The molecule has 2 aromatic rings. The maximum absolute atomic E-state index is 13.3. The van der Waals surface area contributed by atoms with Crippen molar-refractivity contribution in [2.45, 2.75) is 5.03 Å². The largest absolute Gasteiger partial charge is 0.282 e. The van der Waals surface area contributed by atoms with Gasteiger partial charge in [-0.2, -0.15) is 8.42 Å². The summed E-state index contributed by atoms with van der Waals surface area (Å²) < 4.78 is 77.2. The molecule has 9 heteroatoms. The number of anilines is 1. The topological polar surface area (TPSA) is 59.1 Å². The Labute approximate surface area is 111 Å². The van der Waals surface area contributed by atoms with Gasteiger partial charge in [-0.15, -0.1) is 0 Å². The van der Waals surface area contributed by atoms with Crippen molar-refractivity contribution in [1.82, 2.24) is 4.98 Å². The van der Waals surface area contributed by atoms with Crippen molar-refractivity contribution < 1.29 is 26.0 Å². The Balaban J connectivity index is 2.42. The number of nitrogens with one attached hydrogen (secondary N) is 1. The van der Waals surface area contributed by atoms with Crippen molar-refractivity contribution in [2.75, 3.05) is 4.72 Å². The molecule has 4 nitrogen and oxygen atoms in total. The summed E-state index contributed by atoms with van der Waals surface area (Å²) in [6.45, 7) is 0. The van der Waals surface area contributed by atoms with E-state index in [1.54, 1.807) is 4.72 Å². The molecule has 1 N–H and O–H groups in total. The number of pyridine rings is 1. The minimum absolute atomic E-state index is 0.427. The lowest BCUT2D eigenvalue weighted by Gasteiger charge is -2.08. The molecule has 106 valence electrons. The molecule has 0 aliphatic heterocycles. The van der Waals surface area contributed by atoms with Crippen LogP contribution in [0.4, 0.5) is 23.2 Å². The van der Waals surface area contributed by atoms with Crippen molar-refractivity contribution in [3.05, 3.63) is 53.7 Å². The van der Waals surface area contributed by atoms with Crippen LogP contribution in [0.5, 0.6) is 0 Å². The van der Waals surface area contributed by atoms with Crippen molar-refractivity contribution in [1.29, 1.82) is 0 Å². The molecule has 0 saturated heterocycles. The first kappa shape index (κ1) is 14.3. The SMILES string of the molecule is O=S(=O)(Nc1cc(F)c(F)c(F)c1)c1ncccc1F. The Morgan fingerprint density at radius 1 is 1.00 bits per heavy atom. The summed E-state index contributed by atoms with van der Waals surface area (Å²) in [6, 6.07) is 2.88. The maximum atomic E-state index is 13.3. The second-order valence-corrected chi connectivity index (χ2v) is 5.25. The predicted molar refractivity (Wildman–Crippen MR) is 61.3 cm³/mol. The van der Waals surface area contributed by atoms with Gasteiger partial charge in [-0.1, -0.05) is 0 Å². The van der Waals surface area contributed by atoms with E-state index in [0.29, 0.717) is 12.1 Å². The van der Waals surface area contributed by atoms with Gasteiger partial charge in [0, 0.05) is 18.3 Å².